The molecule has 118 valence electrons. The Morgan fingerprint density at radius 1 is 0.750 bits per heavy atom. The van der Waals surface area contributed by atoms with Gasteiger partial charge in [-0.15, -0.1) is 0 Å². The molecule has 6 nitrogen and oxygen atoms in total. The SMILES string of the molecule is CC(S)C(=O)OCCOCCOCCOC(=O)C(C)S. The lowest BCUT2D eigenvalue weighted by Gasteiger charge is -2.09. The van der Waals surface area contributed by atoms with Crippen molar-refractivity contribution in [2.45, 2.75) is 24.3 Å². The number of hydrogen-bond donors (Lipinski definition) is 2. The second-order valence-electron chi connectivity index (χ2n) is 3.91. The van der Waals surface area contributed by atoms with Crippen molar-refractivity contribution >= 4 is 37.2 Å². The highest BCUT2D eigenvalue weighted by Gasteiger charge is 2.09. The second kappa shape index (κ2) is 12.3. The van der Waals surface area contributed by atoms with E-state index in [1.54, 1.807) is 13.8 Å². The second-order valence-corrected chi connectivity index (χ2v) is 5.46. The molecule has 0 aliphatic rings. The Labute approximate surface area is 130 Å². The normalized spacial score (nSPS) is 13.6. The number of rotatable bonds is 11. The van der Waals surface area contributed by atoms with Crippen molar-refractivity contribution in [3.63, 3.8) is 0 Å². The third-order valence-electron chi connectivity index (χ3n) is 2.00. The smallest absolute Gasteiger partial charge is 0.318 e. The average molecular weight is 326 g/mol. The first-order chi connectivity index (χ1) is 9.45. The molecular formula is C12H22O6S2. The average Bonchev–Trinajstić information content (AvgIpc) is 2.39. The zero-order chi connectivity index (χ0) is 15.4. The lowest BCUT2D eigenvalue weighted by molar-refractivity contribution is -0.145. The van der Waals surface area contributed by atoms with Gasteiger partial charge in [-0.3, -0.25) is 9.59 Å². The van der Waals surface area contributed by atoms with E-state index in [0.29, 0.717) is 26.4 Å². The van der Waals surface area contributed by atoms with Gasteiger partial charge in [-0.2, -0.15) is 25.3 Å². The number of esters is 2. The molecule has 0 fully saturated rings. The summed E-state index contributed by atoms with van der Waals surface area (Å²) in [5.41, 5.74) is 0. The molecule has 0 rings (SSSR count). The van der Waals surface area contributed by atoms with Gasteiger partial charge in [-0.1, -0.05) is 0 Å². The fourth-order valence-electron chi connectivity index (χ4n) is 0.966. The number of thiol groups is 2. The first-order valence-electron chi connectivity index (χ1n) is 6.30. The molecule has 0 radical (unpaired) electrons. The number of carbonyl (C=O) groups excluding carboxylic acids is 2. The van der Waals surface area contributed by atoms with E-state index in [9.17, 15) is 9.59 Å². The molecule has 2 unspecified atom stereocenters. The summed E-state index contributed by atoms with van der Waals surface area (Å²) >= 11 is 7.87. The molecule has 0 amide bonds. The minimum absolute atomic E-state index is 0.196. The minimum atomic E-state index is -0.430. The van der Waals surface area contributed by atoms with Gasteiger partial charge < -0.3 is 18.9 Å². The Morgan fingerprint density at radius 3 is 1.35 bits per heavy atom. The fourth-order valence-corrected chi connectivity index (χ4v) is 1.11. The van der Waals surface area contributed by atoms with Crippen molar-refractivity contribution in [3.8, 4) is 0 Å². The summed E-state index contributed by atoms with van der Waals surface area (Å²) in [6.07, 6.45) is 0. The highest BCUT2D eigenvalue weighted by molar-refractivity contribution is 7.81. The molecule has 0 N–H and O–H groups in total. The first kappa shape index (κ1) is 19.6. The van der Waals surface area contributed by atoms with Gasteiger partial charge in [0.2, 0.25) is 0 Å². The molecule has 0 aromatic heterocycles. The van der Waals surface area contributed by atoms with E-state index in [0.717, 1.165) is 0 Å². The van der Waals surface area contributed by atoms with Crippen molar-refractivity contribution in [3.05, 3.63) is 0 Å². The van der Waals surface area contributed by atoms with E-state index in [1.807, 2.05) is 0 Å². The predicted molar refractivity (Wildman–Crippen MR) is 80.5 cm³/mol. The van der Waals surface area contributed by atoms with Gasteiger partial charge in [0.05, 0.1) is 36.9 Å². The van der Waals surface area contributed by atoms with Crippen LogP contribution in [-0.4, -0.2) is 62.1 Å². The molecule has 0 saturated carbocycles. The van der Waals surface area contributed by atoms with E-state index >= 15 is 0 Å². The standard InChI is InChI=1S/C12H22O6S2/c1-9(19)11(13)17-7-5-15-3-4-16-6-8-18-12(14)10(2)20/h9-10,19-20H,3-8H2,1-2H3. The zero-order valence-corrected chi connectivity index (χ0v) is 13.5. The third kappa shape index (κ3) is 11.4. The van der Waals surface area contributed by atoms with Crippen molar-refractivity contribution in [2.75, 3.05) is 39.6 Å². The molecule has 0 bridgehead atoms. The van der Waals surface area contributed by atoms with E-state index in [2.05, 4.69) is 25.3 Å². The van der Waals surface area contributed by atoms with Crippen LogP contribution in [0.4, 0.5) is 0 Å². The maximum absolute atomic E-state index is 11.0. The summed E-state index contributed by atoms with van der Waals surface area (Å²) in [7, 11) is 0. The summed E-state index contributed by atoms with van der Waals surface area (Å²) in [5.74, 6) is -0.734. The molecule has 8 heteroatoms. The Bertz CT molecular complexity index is 255. The topological polar surface area (TPSA) is 71.1 Å². The molecule has 0 aromatic rings. The van der Waals surface area contributed by atoms with E-state index in [-0.39, 0.29) is 25.2 Å². The van der Waals surface area contributed by atoms with Gasteiger partial charge in [-0.25, -0.2) is 0 Å². The number of hydrogen-bond acceptors (Lipinski definition) is 8. The molecule has 20 heavy (non-hydrogen) atoms. The van der Waals surface area contributed by atoms with Crippen LogP contribution >= 0.6 is 25.3 Å². The quantitative estimate of drug-likeness (QED) is 0.332. The molecule has 0 aliphatic carbocycles. The van der Waals surface area contributed by atoms with Gasteiger partial charge in [0.15, 0.2) is 0 Å². The molecular weight excluding hydrogens is 304 g/mol. The largest absolute Gasteiger partial charge is 0.462 e. The van der Waals surface area contributed by atoms with Gasteiger partial charge in [0.25, 0.3) is 0 Å². The lowest BCUT2D eigenvalue weighted by Crippen LogP contribution is -2.19. The molecule has 0 aromatic carbocycles. The number of ether oxygens (including phenoxy) is 4. The van der Waals surface area contributed by atoms with Crippen molar-refractivity contribution in [2.24, 2.45) is 0 Å². The lowest BCUT2D eigenvalue weighted by atomic mass is 10.5. The Balaban J connectivity index is 3.21. The Kier molecular flexibility index (Phi) is 12.0. The van der Waals surface area contributed by atoms with Crippen LogP contribution in [0.5, 0.6) is 0 Å². The summed E-state index contributed by atoms with van der Waals surface area (Å²) in [4.78, 5) is 22.1. The summed E-state index contributed by atoms with van der Waals surface area (Å²) in [5, 5.41) is -0.859. The summed E-state index contributed by atoms with van der Waals surface area (Å²) < 4.78 is 20.1. The monoisotopic (exact) mass is 326 g/mol. The minimum Gasteiger partial charge on any atom is -0.462 e. The molecule has 2 atom stereocenters. The molecule has 0 saturated heterocycles. The summed E-state index contributed by atoms with van der Waals surface area (Å²) in [6.45, 7) is 5.05. The van der Waals surface area contributed by atoms with Crippen LogP contribution in [-0.2, 0) is 28.5 Å². The van der Waals surface area contributed by atoms with Gasteiger partial charge in [0, 0.05) is 0 Å². The first-order valence-corrected chi connectivity index (χ1v) is 7.33. The van der Waals surface area contributed by atoms with Gasteiger partial charge >= 0.3 is 11.9 Å². The van der Waals surface area contributed by atoms with Crippen molar-refractivity contribution in [1.29, 1.82) is 0 Å². The van der Waals surface area contributed by atoms with Crippen LogP contribution in [0, 0.1) is 0 Å². The predicted octanol–water partition coefficient (Wildman–Crippen LogP) is 0.743. The van der Waals surface area contributed by atoms with Crippen LogP contribution in [0.15, 0.2) is 0 Å². The van der Waals surface area contributed by atoms with E-state index in [4.69, 9.17) is 18.9 Å². The fraction of sp³-hybridized carbons (Fsp3) is 0.833. The number of carbonyl (C=O) groups is 2. The van der Waals surface area contributed by atoms with Crippen LogP contribution in [0.1, 0.15) is 13.8 Å². The van der Waals surface area contributed by atoms with Crippen LogP contribution in [0.2, 0.25) is 0 Å². The molecule has 0 heterocycles. The highest BCUT2D eigenvalue weighted by atomic mass is 32.1. The van der Waals surface area contributed by atoms with Crippen molar-refractivity contribution in [1.82, 2.24) is 0 Å². The van der Waals surface area contributed by atoms with Crippen LogP contribution < -0.4 is 0 Å². The van der Waals surface area contributed by atoms with E-state index < -0.39 is 10.5 Å². The maximum atomic E-state index is 11.0. The highest BCUT2D eigenvalue weighted by Crippen LogP contribution is 1.96. The Morgan fingerprint density at radius 2 is 1.05 bits per heavy atom. The van der Waals surface area contributed by atoms with Gasteiger partial charge in [-0.05, 0) is 13.8 Å². The van der Waals surface area contributed by atoms with E-state index in [1.165, 1.54) is 0 Å². The van der Waals surface area contributed by atoms with Crippen LogP contribution in [0.3, 0.4) is 0 Å². The maximum Gasteiger partial charge on any atom is 0.318 e. The zero-order valence-electron chi connectivity index (χ0n) is 11.7. The van der Waals surface area contributed by atoms with Crippen LogP contribution in [0.25, 0.3) is 0 Å². The van der Waals surface area contributed by atoms with Gasteiger partial charge in [0.1, 0.15) is 13.2 Å². The molecule has 0 spiro atoms. The Hall–Kier alpha value is -0.440. The third-order valence-corrected chi connectivity index (χ3v) is 2.42. The summed E-state index contributed by atoms with van der Waals surface area (Å²) in [6, 6.07) is 0. The van der Waals surface area contributed by atoms with Crippen molar-refractivity contribution < 1.29 is 28.5 Å². The molecule has 0 aliphatic heterocycles.